The van der Waals surface area contributed by atoms with Gasteiger partial charge in [-0.3, -0.25) is 4.79 Å². The minimum atomic E-state index is -0.0845. The molecule has 0 saturated heterocycles. The van der Waals surface area contributed by atoms with Crippen LogP contribution in [0.1, 0.15) is 19.2 Å². The van der Waals surface area contributed by atoms with E-state index in [1.54, 1.807) is 25.1 Å². The second kappa shape index (κ2) is 8.31. The number of aromatic nitrogens is 2. The molecule has 1 rings (SSSR count). The molecule has 1 heterocycles. The maximum atomic E-state index is 11.7. The zero-order valence-corrected chi connectivity index (χ0v) is 12.3. The van der Waals surface area contributed by atoms with Crippen LogP contribution in [0.15, 0.2) is 6.07 Å². The van der Waals surface area contributed by atoms with Gasteiger partial charge >= 0.3 is 0 Å². The fourth-order valence-electron chi connectivity index (χ4n) is 1.68. The highest BCUT2D eigenvalue weighted by atomic mass is 16.5. The standard InChI is InChI=1S/C13H23N5O2/c1-4-5-11-16-10(14)8-12(17-11)18(2)9-13(19)15-6-7-20-3/h8H,4-7,9H2,1-3H3,(H,15,19)(H2,14,16,17). The van der Waals surface area contributed by atoms with Gasteiger partial charge in [0.15, 0.2) is 0 Å². The smallest absolute Gasteiger partial charge is 0.239 e. The molecule has 0 fully saturated rings. The number of methoxy groups -OCH3 is 1. The summed E-state index contributed by atoms with van der Waals surface area (Å²) >= 11 is 0. The molecule has 0 aliphatic rings. The molecule has 0 atom stereocenters. The predicted molar refractivity (Wildman–Crippen MR) is 78.6 cm³/mol. The van der Waals surface area contributed by atoms with E-state index in [0.29, 0.717) is 30.6 Å². The van der Waals surface area contributed by atoms with Gasteiger partial charge in [0.25, 0.3) is 0 Å². The number of carbonyl (C=O) groups excluding carboxylic acids is 1. The van der Waals surface area contributed by atoms with Crippen LogP contribution in [0.3, 0.4) is 0 Å². The summed E-state index contributed by atoms with van der Waals surface area (Å²) in [7, 11) is 3.39. The first-order chi connectivity index (χ1) is 9.56. The molecule has 7 nitrogen and oxygen atoms in total. The number of carbonyl (C=O) groups is 1. The Bertz CT molecular complexity index is 439. The highest BCUT2D eigenvalue weighted by Crippen LogP contribution is 2.13. The molecule has 0 radical (unpaired) electrons. The first kappa shape index (κ1) is 16.2. The Kier molecular flexibility index (Phi) is 6.72. The van der Waals surface area contributed by atoms with E-state index < -0.39 is 0 Å². The Morgan fingerprint density at radius 2 is 2.25 bits per heavy atom. The molecule has 0 saturated carbocycles. The van der Waals surface area contributed by atoms with Crippen LogP contribution in [0, 0.1) is 0 Å². The van der Waals surface area contributed by atoms with E-state index in [0.717, 1.165) is 12.8 Å². The molecule has 0 aliphatic heterocycles. The van der Waals surface area contributed by atoms with Crippen LogP contribution < -0.4 is 16.0 Å². The Balaban J connectivity index is 2.62. The van der Waals surface area contributed by atoms with Crippen LogP contribution in [0.25, 0.3) is 0 Å². The summed E-state index contributed by atoms with van der Waals surface area (Å²) < 4.78 is 4.87. The van der Waals surface area contributed by atoms with Crippen LogP contribution in [-0.4, -0.2) is 49.7 Å². The van der Waals surface area contributed by atoms with Gasteiger partial charge in [-0.2, -0.15) is 0 Å². The van der Waals surface area contributed by atoms with E-state index in [2.05, 4.69) is 22.2 Å². The molecule has 0 unspecified atom stereocenters. The monoisotopic (exact) mass is 281 g/mol. The maximum absolute atomic E-state index is 11.7. The first-order valence-electron chi connectivity index (χ1n) is 6.67. The van der Waals surface area contributed by atoms with E-state index in [1.807, 2.05) is 0 Å². The van der Waals surface area contributed by atoms with Crippen LogP contribution >= 0.6 is 0 Å². The number of aryl methyl sites for hydroxylation is 1. The van der Waals surface area contributed by atoms with Crippen molar-refractivity contribution in [2.24, 2.45) is 0 Å². The number of hydrogen-bond acceptors (Lipinski definition) is 6. The van der Waals surface area contributed by atoms with Crippen molar-refractivity contribution in [3.8, 4) is 0 Å². The van der Waals surface area contributed by atoms with Crippen molar-refractivity contribution in [1.29, 1.82) is 0 Å². The zero-order chi connectivity index (χ0) is 15.0. The van der Waals surface area contributed by atoms with Gasteiger partial charge in [-0.15, -0.1) is 0 Å². The van der Waals surface area contributed by atoms with Gasteiger partial charge in [0.1, 0.15) is 17.5 Å². The molecule has 0 bridgehead atoms. The lowest BCUT2D eigenvalue weighted by atomic mass is 10.3. The van der Waals surface area contributed by atoms with Gasteiger partial charge in [0.05, 0.1) is 13.2 Å². The largest absolute Gasteiger partial charge is 0.384 e. The average Bonchev–Trinajstić information content (AvgIpc) is 2.38. The van der Waals surface area contributed by atoms with Gasteiger partial charge in [0, 0.05) is 33.2 Å². The number of ether oxygens (including phenoxy) is 1. The van der Waals surface area contributed by atoms with Gasteiger partial charge in [-0.1, -0.05) is 6.92 Å². The molecule has 1 aromatic heterocycles. The van der Waals surface area contributed by atoms with Crippen molar-refractivity contribution in [3.63, 3.8) is 0 Å². The normalized spacial score (nSPS) is 10.3. The van der Waals surface area contributed by atoms with Crippen LogP contribution in [0.5, 0.6) is 0 Å². The second-order valence-electron chi connectivity index (χ2n) is 4.52. The zero-order valence-electron chi connectivity index (χ0n) is 12.3. The number of rotatable bonds is 8. The van der Waals surface area contributed by atoms with E-state index >= 15 is 0 Å². The number of likely N-dealkylation sites (N-methyl/N-ethyl adjacent to an activating group) is 1. The number of amides is 1. The minimum absolute atomic E-state index is 0.0845. The van der Waals surface area contributed by atoms with Crippen molar-refractivity contribution >= 4 is 17.5 Å². The predicted octanol–water partition coefficient (Wildman–Crippen LogP) is 0.210. The lowest BCUT2D eigenvalue weighted by molar-refractivity contribution is -0.119. The summed E-state index contributed by atoms with van der Waals surface area (Å²) in [6.45, 7) is 3.26. The molecule has 0 aromatic carbocycles. The minimum Gasteiger partial charge on any atom is -0.384 e. The molecule has 7 heteroatoms. The topological polar surface area (TPSA) is 93.4 Å². The van der Waals surface area contributed by atoms with E-state index in [4.69, 9.17) is 10.5 Å². The Labute approximate surface area is 119 Å². The summed E-state index contributed by atoms with van der Waals surface area (Å²) in [5.74, 6) is 1.70. The van der Waals surface area contributed by atoms with E-state index in [1.165, 1.54) is 0 Å². The molecule has 0 spiro atoms. The second-order valence-corrected chi connectivity index (χ2v) is 4.52. The third-order valence-electron chi connectivity index (χ3n) is 2.65. The van der Waals surface area contributed by atoms with E-state index in [9.17, 15) is 4.79 Å². The van der Waals surface area contributed by atoms with Crippen molar-refractivity contribution in [3.05, 3.63) is 11.9 Å². The lowest BCUT2D eigenvalue weighted by Crippen LogP contribution is -2.37. The summed E-state index contributed by atoms with van der Waals surface area (Å²) in [6, 6.07) is 1.67. The van der Waals surface area contributed by atoms with E-state index in [-0.39, 0.29) is 12.5 Å². The Morgan fingerprint density at radius 3 is 2.90 bits per heavy atom. The average molecular weight is 281 g/mol. The third kappa shape index (κ3) is 5.40. The Morgan fingerprint density at radius 1 is 1.50 bits per heavy atom. The number of nitrogens with zero attached hydrogens (tertiary/aromatic N) is 3. The highest BCUT2D eigenvalue weighted by Gasteiger charge is 2.10. The Hall–Kier alpha value is -1.89. The van der Waals surface area contributed by atoms with Crippen molar-refractivity contribution < 1.29 is 9.53 Å². The summed E-state index contributed by atoms with van der Waals surface area (Å²) in [5.41, 5.74) is 5.76. The fourth-order valence-corrected chi connectivity index (χ4v) is 1.68. The number of nitrogens with one attached hydrogen (secondary N) is 1. The lowest BCUT2D eigenvalue weighted by Gasteiger charge is -2.18. The molecule has 1 amide bonds. The van der Waals surface area contributed by atoms with Crippen molar-refractivity contribution in [2.45, 2.75) is 19.8 Å². The van der Waals surface area contributed by atoms with Crippen molar-refractivity contribution in [2.75, 3.05) is 44.5 Å². The summed E-state index contributed by atoms with van der Waals surface area (Å²) in [4.78, 5) is 22.0. The SMILES string of the molecule is CCCc1nc(N)cc(N(C)CC(=O)NCCOC)n1. The molecule has 0 aliphatic carbocycles. The van der Waals surface area contributed by atoms with Crippen LogP contribution in [0.4, 0.5) is 11.6 Å². The summed E-state index contributed by atoms with van der Waals surface area (Å²) in [6.07, 6.45) is 1.72. The third-order valence-corrected chi connectivity index (χ3v) is 2.65. The molecular formula is C13H23N5O2. The number of nitrogen functional groups attached to an aromatic ring is 1. The fraction of sp³-hybridized carbons (Fsp3) is 0.615. The van der Waals surface area contributed by atoms with Crippen LogP contribution in [-0.2, 0) is 16.0 Å². The van der Waals surface area contributed by atoms with Gasteiger partial charge in [0.2, 0.25) is 5.91 Å². The highest BCUT2D eigenvalue weighted by molar-refractivity contribution is 5.80. The number of anilines is 2. The molecule has 20 heavy (non-hydrogen) atoms. The van der Waals surface area contributed by atoms with Crippen molar-refractivity contribution in [1.82, 2.24) is 15.3 Å². The number of hydrogen-bond donors (Lipinski definition) is 2. The first-order valence-corrected chi connectivity index (χ1v) is 6.67. The number of nitrogens with two attached hydrogens (primary N) is 1. The van der Waals surface area contributed by atoms with Crippen LogP contribution in [0.2, 0.25) is 0 Å². The molecular weight excluding hydrogens is 258 g/mol. The van der Waals surface area contributed by atoms with Gasteiger partial charge in [-0.05, 0) is 6.42 Å². The quantitative estimate of drug-likeness (QED) is 0.662. The molecule has 112 valence electrons. The molecule has 1 aromatic rings. The molecule has 3 N–H and O–H groups in total. The summed E-state index contributed by atoms with van der Waals surface area (Å²) in [5, 5.41) is 2.76. The maximum Gasteiger partial charge on any atom is 0.239 e. The van der Waals surface area contributed by atoms with Gasteiger partial charge in [-0.25, -0.2) is 9.97 Å². The van der Waals surface area contributed by atoms with Gasteiger partial charge < -0.3 is 20.7 Å².